The third kappa shape index (κ3) is 3.86. The van der Waals surface area contributed by atoms with E-state index in [1.165, 1.54) is 53.2 Å². The van der Waals surface area contributed by atoms with E-state index in [2.05, 4.69) is 72.8 Å². The van der Waals surface area contributed by atoms with Crippen molar-refractivity contribution in [2.75, 3.05) is 0 Å². The minimum absolute atomic E-state index is 0.302. The first-order valence-corrected chi connectivity index (χ1v) is 17.5. The Labute approximate surface area is 260 Å². The Kier molecular flexibility index (Phi) is 5.87. The molecule has 5 heteroatoms. The van der Waals surface area contributed by atoms with Crippen LogP contribution in [0, 0.1) is 0 Å². The normalized spacial score (nSPS) is 18.8. The molecule has 2 atom stereocenters. The zero-order valence-electron chi connectivity index (χ0n) is 23.9. The Hall–Kier alpha value is -4.58. The number of para-hydroxylation sites is 1. The maximum absolute atomic E-state index is 14.6. The van der Waals surface area contributed by atoms with Gasteiger partial charge in [-0.2, -0.15) is 4.36 Å². The molecule has 7 aromatic rings. The average molecular weight is 605 g/mol. The van der Waals surface area contributed by atoms with Crippen LogP contribution in [0.2, 0.25) is 0 Å². The first-order chi connectivity index (χ1) is 21.7. The molecule has 0 amide bonds. The van der Waals surface area contributed by atoms with Crippen molar-refractivity contribution in [1.82, 2.24) is 0 Å². The van der Waals surface area contributed by atoms with Crippen molar-refractivity contribution < 1.29 is 4.21 Å². The van der Waals surface area contributed by atoms with Gasteiger partial charge in [0.05, 0.1) is 15.5 Å². The Bertz CT molecular complexity index is 2430. The van der Waals surface area contributed by atoms with Crippen molar-refractivity contribution in [1.29, 1.82) is 0 Å². The number of hydrogen-bond acceptors (Lipinski definition) is 4. The minimum atomic E-state index is -2.81. The van der Waals surface area contributed by atoms with Crippen LogP contribution in [-0.4, -0.2) is 10.0 Å². The fraction of sp³-hybridized carbons (Fsp3) is 0.103. The summed E-state index contributed by atoms with van der Waals surface area (Å²) in [5.41, 5.74) is 6.30. The lowest BCUT2D eigenvalue weighted by Gasteiger charge is -2.30. The molecule has 1 aliphatic carbocycles. The van der Waals surface area contributed by atoms with Crippen molar-refractivity contribution in [3.8, 4) is 11.1 Å². The fourth-order valence-electron chi connectivity index (χ4n) is 7.25. The predicted molar refractivity (Wildman–Crippen MR) is 185 cm³/mol. The highest BCUT2D eigenvalue weighted by Gasteiger charge is 2.30. The lowest BCUT2D eigenvalue weighted by molar-refractivity contribution is 0.634. The molecule has 6 aromatic carbocycles. The van der Waals surface area contributed by atoms with E-state index in [4.69, 9.17) is 9.36 Å². The first-order valence-electron chi connectivity index (χ1n) is 15.1. The van der Waals surface area contributed by atoms with Crippen LogP contribution in [0.25, 0.3) is 42.1 Å². The molecule has 0 bridgehead atoms. The highest BCUT2D eigenvalue weighted by atomic mass is 32.2. The number of amidine groups is 1. The number of nitrogens with zero attached hydrogens (tertiary/aromatic N) is 2. The zero-order chi connectivity index (χ0) is 29.3. The van der Waals surface area contributed by atoms with Gasteiger partial charge in [-0.1, -0.05) is 97.1 Å². The molecule has 0 fully saturated rings. The Balaban J connectivity index is 1.17. The van der Waals surface area contributed by atoms with E-state index in [1.807, 2.05) is 65.9 Å². The van der Waals surface area contributed by atoms with Crippen LogP contribution in [0.15, 0.2) is 147 Å². The topological polar surface area (TPSA) is 41.8 Å². The maximum Gasteiger partial charge on any atom is 0.139 e. The van der Waals surface area contributed by atoms with Crippen LogP contribution < -0.4 is 0 Å². The third-order valence-electron chi connectivity index (χ3n) is 9.18. The SMILES string of the molecule is O=S1(c2ccccc2)=NC(CCC2Cc3c(c4ccccc4c4c3sc3ccccc34)-c3ccccc32)=Nc2ccccc21. The van der Waals surface area contributed by atoms with Gasteiger partial charge in [-0.05, 0) is 82.1 Å². The summed E-state index contributed by atoms with van der Waals surface area (Å²) in [5, 5.41) is 5.38. The largest absolute Gasteiger partial charge is 0.239 e. The molecular weight excluding hydrogens is 577 g/mol. The highest BCUT2D eigenvalue weighted by molar-refractivity contribution is 7.94. The van der Waals surface area contributed by atoms with Gasteiger partial charge in [-0.3, -0.25) is 0 Å². The van der Waals surface area contributed by atoms with E-state index in [-0.39, 0.29) is 0 Å². The van der Waals surface area contributed by atoms with E-state index in [9.17, 15) is 4.21 Å². The number of fused-ring (bicyclic) bond motifs is 11. The van der Waals surface area contributed by atoms with Gasteiger partial charge < -0.3 is 0 Å². The molecule has 44 heavy (non-hydrogen) atoms. The summed E-state index contributed by atoms with van der Waals surface area (Å²) in [6.07, 6.45) is 2.50. The van der Waals surface area contributed by atoms with Gasteiger partial charge in [0.1, 0.15) is 15.6 Å². The lowest BCUT2D eigenvalue weighted by atomic mass is 9.75. The number of thiophene rings is 1. The van der Waals surface area contributed by atoms with Crippen LogP contribution in [0.3, 0.4) is 0 Å². The molecule has 0 radical (unpaired) electrons. The van der Waals surface area contributed by atoms with E-state index in [0.717, 1.165) is 23.4 Å². The lowest BCUT2D eigenvalue weighted by Crippen LogP contribution is -2.15. The van der Waals surface area contributed by atoms with Gasteiger partial charge in [0, 0.05) is 26.6 Å². The number of benzene rings is 6. The summed E-state index contributed by atoms with van der Waals surface area (Å²) in [4.78, 5) is 6.38. The fourth-order valence-corrected chi connectivity index (χ4v) is 10.6. The summed E-state index contributed by atoms with van der Waals surface area (Å²) in [6.45, 7) is 0. The molecular formula is C39H28N2OS2. The third-order valence-corrected chi connectivity index (χ3v) is 12.7. The molecule has 0 saturated heterocycles. The molecule has 212 valence electrons. The van der Waals surface area contributed by atoms with Crippen molar-refractivity contribution in [3.63, 3.8) is 0 Å². The molecule has 3 nitrogen and oxygen atoms in total. The van der Waals surface area contributed by atoms with Crippen LogP contribution in [0.5, 0.6) is 0 Å². The molecule has 1 aliphatic heterocycles. The second kappa shape index (κ2) is 9.98. The summed E-state index contributed by atoms with van der Waals surface area (Å²) in [5.74, 6) is 0.975. The Morgan fingerprint density at radius 2 is 1.43 bits per heavy atom. The minimum Gasteiger partial charge on any atom is -0.239 e. The second-order valence-corrected chi connectivity index (χ2v) is 14.9. The van der Waals surface area contributed by atoms with Gasteiger partial charge in [0.25, 0.3) is 0 Å². The van der Waals surface area contributed by atoms with Crippen molar-refractivity contribution in [2.24, 2.45) is 9.36 Å². The smallest absolute Gasteiger partial charge is 0.139 e. The molecule has 0 saturated carbocycles. The molecule has 0 spiro atoms. The highest BCUT2D eigenvalue weighted by Crippen LogP contribution is 2.51. The van der Waals surface area contributed by atoms with Gasteiger partial charge >= 0.3 is 0 Å². The number of rotatable bonds is 4. The maximum atomic E-state index is 14.6. The standard InChI is InChI=1S/C39H28N2OS2/c42-44(26-12-2-1-3-13-26)35-21-11-9-19-33(35)40-36(41-44)23-22-25-24-32-37(28-15-5-4-14-27(25)28)29-16-6-7-17-30(29)38-31-18-8-10-20-34(31)43-39(32)38/h1-21,25H,22-24H2. The Morgan fingerprint density at radius 1 is 0.727 bits per heavy atom. The van der Waals surface area contributed by atoms with Crippen LogP contribution >= 0.6 is 11.3 Å². The van der Waals surface area contributed by atoms with E-state index >= 15 is 0 Å². The summed E-state index contributed by atoms with van der Waals surface area (Å²) in [6, 6.07) is 44.1. The zero-order valence-corrected chi connectivity index (χ0v) is 25.6. The van der Waals surface area contributed by atoms with Crippen LogP contribution in [0.1, 0.15) is 29.9 Å². The van der Waals surface area contributed by atoms with Gasteiger partial charge in [-0.15, -0.1) is 11.3 Å². The number of aliphatic imine (C=N–C) groups is 1. The van der Waals surface area contributed by atoms with E-state index < -0.39 is 9.73 Å². The second-order valence-electron chi connectivity index (χ2n) is 11.7. The Morgan fingerprint density at radius 3 is 2.32 bits per heavy atom. The predicted octanol–water partition coefficient (Wildman–Crippen LogP) is 10.9. The number of hydrogen-bond donors (Lipinski definition) is 0. The molecule has 2 aliphatic rings. The molecule has 9 rings (SSSR count). The quantitative estimate of drug-likeness (QED) is 0.197. The van der Waals surface area contributed by atoms with Gasteiger partial charge in [0.15, 0.2) is 0 Å². The van der Waals surface area contributed by atoms with E-state index in [1.54, 1.807) is 0 Å². The average Bonchev–Trinajstić information content (AvgIpc) is 3.48. The summed E-state index contributed by atoms with van der Waals surface area (Å²) >= 11 is 1.92. The summed E-state index contributed by atoms with van der Waals surface area (Å²) < 4.78 is 22.2. The molecule has 0 N–H and O–H groups in total. The summed E-state index contributed by atoms with van der Waals surface area (Å²) in [7, 11) is -2.81. The molecule has 2 unspecified atom stereocenters. The molecule has 1 aromatic heterocycles. The van der Waals surface area contributed by atoms with Crippen LogP contribution in [-0.2, 0) is 16.1 Å². The van der Waals surface area contributed by atoms with Crippen molar-refractivity contribution in [2.45, 2.75) is 35.0 Å². The van der Waals surface area contributed by atoms with Crippen molar-refractivity contribution >= 4 is 63.5 Å². The van der Waals surface area contributed by atoms with Crippen molar-refractivity contribution in [3.05, 3.63) is 139 Å². The monoisotopic (exact) mass is 604 g/mol. The first kappa shape index (κ1) is 25.9. The molecule has 2 heterocycles. The van der Waals surface area contributed by atoms with Gasteiger partial charge in [0.2, 0.25) is 0 Å². The van der Waals surface area contributed by atoms with Gasteiger partial charge in [-0.25, -0.2) is 9.20 Å². The van der Waals surface area contributed by atoms with E-state index in [0.29, 0.717) is 23.1 Å². The van der Waals surface area contributed by atoms with Crippen LogP contribution in [0.4, 0.5) is 5.69 Å².